The van der Waals surface area contributed by atoms with Crippen LogP contribution >= 0.6 is 34.5 Å². The maximum absolute atomic E-state index is 13.3. The molecular formula is C17H18Cl2FN3OS. The van der Waals surface area contributed by atoms with Gasteiger partial charge in [0, 0.05) is 17.4 Å². The van der Waals surface area contributed by atoms with Gasteiger partial charge in [0.1, 0.15) is 16.7 Å². The van der Waals surface area contributed by atoms with Crippen LogP contribution in [0.2, 0.25) is 0 Å². The van der Waals surface area contributed by atoms with E-state index in [4.69, 9.17) is 23.2 Å². The highest BCUT2D eigenvalue weighted by molar-refractivity contribution is 7.14. The van der Waals surface area contributed by atoms with E-state index >= 15 is 0 Å². The van der Waals surface area contributed by atoms with Gasteiger partial charge in [-0.3, -0.25) is 4.79 Å². The lowest BCUT2D eigenvalue weighted by Gasteiger charge is -2.23. The molecule has 8 heteroatoms. The Hall–Kier alpha value is -1.24. The van der Waals surface area contributed by atoms with E-state index in [1.807, 2.05) is 31.2 Å². The number of hydrogen-bond donors (Lipinski definition) is 1. The van der Waals surface area contributed by atoms with Crippen LogP contribution < -0.4 is 5.32 Å². The van der Waals surface area contributed by atoms with Crippen LogP contribution in [0.3, 0.4) is 0 Å². The van der Waals surface area contributed by atoms with E-state index in [9.17, 15) is 9.18 Å². The number of hydrogen-bond acceptors (Lipinski definition) is 4. The highest BCUT2D eigenvalue weighted by Crippen LogP contribution is 2.42. The van der Waals surface area contributed by atoms with Gasteiger partial charge in [-0.2, -0.15) is 0 Å². The summed E-state index contributed by atoms with van der Waals surface area (Å²) in [6, 6.07) is 7.07. The number of rotatable bonds is 7. The van der Waals surface area contributed by atoms with Gasteiger partial charge < -0.3 is 5.32 Å². The third kappa shape index (κ3) is 4.49. The van der Waals surface area contributed by atoms with E-state index in [2.05, 4.69) is 15.5 Å². The zero-order valence-electron chi connectivity index (χ0n) is 13.6. The number of aromatic nitrogens is 2. The molecule has 0 bridgehead atoms. The number of amides is 1. The molecule has 134 valence electrons. The minimum absolute atomic E-state index is 0.216. The molecule has 0 radical (unpaired) electrons. The van der Waals surface area contributed by atoms with E-state index in [0.29, 0.717) is 5.92 Å². The molecule has 0 aliphatic heterocycles. The van der Waals surface area contributed by atoms with Crippen LogP contribution in [0.25, 0.3) is 10.6 Å². The SMILES string of the molecule is C[C@H](c1ccc(-c2nnc(C3CC3)s2)cc1)[C@@H](CF)NC(=O)C(Cl)Cl. The Bertz CT molecular complexity index is 734. The second-order valence-corrected chi connectivity index (χ2v) is 8.31. The molecule has 1 aliphatic carbocycles. The van der Waals surface area contributed by atoms with Gasteiger partial charge in [0.2, 0.25) is 0 Å². The van der Waals surface area contributed by atoms with Gasteiger partial charge in [-0.05, 0) is 18.4 Å². The van der Waals surface area contributed by atoms with Gasteiger partial charge in [0.05, 0.1) is 6.04 Å². The first-order chi connectivity index (χ1) is 12.0. The van der Waals surface area contributed by atoms with Gasteiger partial charge in [-0.25, -0.2) is 4.39 Å². The normalized spacial score (nSPS) is 16.7. The molecule has 2 aromatic rings. The number of halogens is 3. The predicted molar refractivity (Wildman–Crippen MR) is 99.1 cm³/mol. The summed E-state index contributed by atoms with van der Waals surface area (Å²) in [4.78, 5) is 10.4. The summed E-state index contributed by atoms with van der Waals surface area (Å²) in [5, 5.41) is 13.0. The number of carbonyl (C=O) groups is 1. The molecule has 3 rings (SSSR count). The smallest absolute Gasteiger partial charge is 0.253 e. The molecule has 1 aromatic carbocycles. The van der Waals surface area contributed by atoms with E-state index in [1.165, 1.54) is 12.8 Å². The number of alkyl halides is 3. The van der Waals surface area contributed by atoms with E-state index in [1.54, 1.807) is 11.3 Å². The van der Waals surface area contributed by atoms with Crippen molar-refractivity contribution in [2.75, 3.05) is 6.67 Å². The maximum Gasteiger partial charge on any atom is 0.253 e. The van der Waals surface area contributed by atoms with E-state index in [-0.39, 0.29) is 5.92 Å². The second-order valence-electron chi connectivity index (χ2n) is 6.20. The second kappa shape index (κ2) is 7.98. The van der Waals surface area contributed by atoms with Gasteiger partial charge >= 0.3 is 0 Å². The molecule has 1 aliphatic rings. The van der Waals surface area contributed by atoms with Crippen LogP contribution in [0.1, 0.15) is 42.2 Å². The van der Waals surface area contributed by atoms with E-state index < -0.39 is 23.5 Å². The van der Waals surface area contributed by atoms with Crippen molar-refractivity contribution in [1.82, 2.24) is 15.5 Å². The summed E-state index contributed by atoms with van der Waals surface area (Å²) >= 11 is 12.7. The Morgan fingerprint density at radius 2 is 2.00 bits per heavy atom. The van der Waals surface area contributed by atoms with Crippen molar-refractivity contribution < 1.29 is 9.18 Å². The summed E-state index contributed by atoms with van der Waals surface area (Å²) in [5.41, 5.74) is 1.90. The zero-order valence-corrected chi connectivity index (χ0v) is 15.9. The maximum atomic E-state index is 13.3. The van der Waals surface area contributed by atoms with Crippen LogP contribution in [0.15, 0.2) is 24.3 Å². The van der Waals surface area contributed by atoms with Gasteiger partial charge in [0.25, 0.3) is 5.91 Å². The monoisotopic (exact) mass is 401 g/mol. The van der Waals surface area contributed by atoms with Crippen molar-refractivity contribution in [2.24, 2.45) is 0 Å². The first-order valence-corrected chi connectivity index (χ1v) is 9.76. The van der Waals surface area contributed by atoms with Crippen molar-refractivity contribution >= 4 is 40.4 Å². The molecule has 1 amide bonds. The Morgan fingerprint density at radius 3 is 2.56 bits per heavy atom. The predicted octanol–water partition coefficient (Wildman–Crippen LogP) is 4.44. The summed E-state index contributed by atoms with van der Waals surface area (Å²) in [7, 11) is 0. The van der Waals surface area contributed by atoms with Crippen molar-refractivity contribution in [2.45, 2.75) is 42.5 Å². The third-order valence-electron chi connectivity index (χ3n) is 4.35. The molecule has 0 saturated heterocycles. The molecule has 0 spiro atoms. The Labute approximate surface area is 159 Å². The summed E-state index contributed by atoms with van der Waals surface area (Å²) in [6.07, 6.45) is 2.40. The Kier molecular flexibility index (Phi) is 5.92. The topological polar surface area (TPSA) is 54.9 Å². The lowest BCUT2D eigenvalue weighted by Crippen LogP contribution is -2.42. The van der Waals surface area contributed by atoms with Gasteiger partial charge in [-0.1, -0.05) is 65.7 Å². The Balaban J connectivity index is 1.70. The van der Waals surface area contributed by atoms with Crippen molar-refractivity contribution in [3.05, 3.63) is 34.8 Å². The fourth-order valence-electron chi connectivity index (χ4n) is 2.55. The average Bonchev–Trinajstić information content (AvgIpc) is 3.36. The fraction of sp³-hybridized carbons (Fsp3) is 0.471. The molecule has 1 aromatic heterocycles. The number of benzene rings is 1. The minimum Gasteiger partial charge on any atom is -0.348 e. The van der Waals surface area contributed by atoms with Crippen LogP contribution in [-0.2, 0) is 4.79 Å². The quantitative estimate of drug-likeness (QED) is 0.697. The van der Waals surface area contributed by atoms with Crippen molar-refractivity contribution in [3.8, 4) is 10.6 Å². The number of carbonyl (C=O) groups excluding carboxylic acids is 1. The van der Waals surface area contributed by atoms with Crippen LogP contribution in [0.5, 0.6) is 0 Å². The number of nitrogens with one attached hydrogen (secondary N) is 1. The minimum atomic E-state index is -1.21. The first-order valence-electron chi connectivity index (χ1n) is 8.07. The highest BCUT2D eigenvalue weighted by Gasteiger charge is 2.28. The lowest BCUT2D eigenvalue weighted by atomic mass is 9.93. The largest absolute Gasteiger partial charge is 0.348 e. The standard InChI is InChI=1S/C17H18Cl2FN3OS/c1-9(13(8-20)21-15(24)14(18)19)10-2-4-11(5-3-10)16-22-23-17(25-16)12-6-7-12/h2-5,9,12-14H,6-8H2,1H3,(H,21,24)/t9-,13-/m1/s1. The van der Waals surface area contributed by atoms with Crippen molar-refractivity contribution in [1.29, 1.82) is 0 Å². The molecule has 1 N–H and O–H groups in total. The molecule has 1 fully saturated rings. The summed E-state index contributed by atoms with van der Waals surface area (Å²) in [6.45, 7) is 1.16. The molecule has 25 heavy (non-hydrogen) atoms. The van der Waals surface area contributed by atoms with E-state index in [0.717, 1.165) is 21.1 Å². The Morgan fingerprint density at radius 1 is 1.32 bits per heavy atom. The third-order valence-corrected chi connectivity index (χ3v) is 5.88. The molecule has 4 nitrogen and oxygen atoms in total. The lowest BCUT2D eigenvalue weighted by molar-refractivity contribution is -0.120. The van der Waals surface area contributed by atoms with Gasteiger partial charge in [0.15, 0.2) is 4.84 Å². The van der Waals surface area contributed by atoms with Crippen LogP contribution in [0.4, 0.5) is 4.39 Å². The zero-order chi connectivity index (χ0) is 18.0. The molecule has 2 atom stereocenters. The molecule has 1 saturated carbocycles. The summed E-state index contributed by atoms with van der Waals surface area (Å²) in [5.74, 6) is -0.213. The van der Waals surface area contributed by atoms with Crippen LogP contribution in [-0.4, -0.2) is 33.7 Å². The highest BCUT2D eigenvalue weighted by atomic mass is 35.5. The molecule has 1 heterocycles. The van der Waals surface area contributed by atoms with Gasteiger partial charge in [-0.15, -0.1) is 10.2 Å². The molecule has 0 unspecified atom stereocenters. The fourth-order valence-corrected chi connectivity index (χ4v) is 3.69. The van der Waals surface area contributed by atoms with Crippen LogP contribution in [0, 0.1) is 0 Å². The number of nitrogens with zero attached hydrogens (tertiary/aromatic N) is 2. The van der Waals surface area contributed by atoms with Crippen molar-refractivity contribution in [3.63, 3.8) is 0 Å². The summed E-state index contributed by atoms with van der Waals surface area (Å²) < 4.78 is 13.3. The first kappa shape index (κ1) is 18.5. The average molecular weight is 402 g/mol. The molecular weight excluding hydrogens is 384 g/mol.